The summed E-state index contributed by atoms with van der Waals surface area (Å²) < 4.78 is 1.60. The van der Waals surface area contributed by atoms with Crippen molar-refractivity contribution >= 4 is 28.6 Å². The summed E-state index contributed by atoms with van der Waals surface area (Å²) in [5, 5.41) is 3.94. The first-order valence-corrected chi connectivity index (χ1v) is 9.46. The number of thioether (sulfide) groups is 1. The number of hydrogen-bond acceptors (Lipinski definition) is 4. The first kappa shape index (κ1) is 18.2. The number of aromatic nitrogens is 2. The predicted molar refractivity (Wildman–Crippen MR) is 106 cm³/mol. The van der Waals surface area contributed by atoms with Crippen LogP contribution in [0.5, 0.6) is 0 Å². The van der Waals surface area contributed by atoms with Crippen LogP contribution < -0.4 is 10.9 Å². The molecule has 1 aromatic heterocycles. The first-order chi connectivity index (χ1) is 12.5. The molecule has 5 nitrogen and oxygen atoms in total. The molecule has 0 bridgehead atoms. The molecule has 1 amide bonds. The summed E-state index contributed by atoms with van der Waals surface area (Å²) in [6.07, 6.45) is 0. The van der Waals surface area contributed by atoms with Gasteiger partial charge in [0.15, 0.2) is 5.16 Å². The molecule has 0 atom stereocenters. The third-order valence-electron chi connectivity index (χ3n) is 3.88. The third kappa shape index (κ3) is 3.80. The second kappa shape index (κ2) is 7.74. The average molecular weight is 367 g/mol. The van der Waals surface area contributed by atoms with Crippen LogP contribution in [0.2, 0.25) is 0 Å². The molecular weight excluding hydrogens is 346 g/mol. The van der Waals surface area contributed by atoms with Crippen molar-refractivity contribution in [3.63, 3.8) is 0 Å². The summed E-state index contributed by atoms with van der Waals surface area (Å²) in [5.74, 6) is 0.123. The van der Waals surface area contributed by atoms with Gasteiger partial charge in [-0.25, -0.2) is 4.98 Å². The zero-order valence-corrected chi connectivity index (χ0v) is 15.8. The summed E-state index contributed by atoms with van der Waals surface area (Å²) >= 11 is 1.27. The average Bonchev–Trinajstić information content (AvgIpc) is 2.60. The summed E-state index contributed by atoms with van der Waals surface area (Å²) in [7, 11) is 0. The summed E-state index contributed by atoms with van der Waals surface area (Å²) in [5.41, 5.74) is 2.26. The molecule has 134 valence electrons. The molecule has 0 radical (unpaired) electrons. The van der Waals surface area contributed by atoms with Crippen LogP contribution in [0.1, 0.15) is 19.4 Å². The molecule has 6 heteroatoms. The number of nitrogens with one attached hydrogen (secondary N) is 1. The van der Waals surface area contributed by atoms with Gasteiger partial charge in [0.05, 0.1) is 22.3 Å². The van der Waals surface area contributed by atoms with Gasteiger partial charge in [-0.3, -0.25) is 14.2 Å². The summed E-state index contributed by atoms with van der Waals surface area (Å²) in [4.78, 5) is 29.8. The smallest absolute Gasteiger partial charge is 0.266 e. The highest BCUT2D eigenvalue weighted by Gasteiger charge is 2.16. The monoisotopic (exact) mass is 367 g/mol. The van der Waals surface area contributed by atoms with Gasteiger partial charge in [0.2, 0.25) is 5.91 Å². The minimum atomic E-state index is -0.128. The molecule has 0 aliphatic rings. The van der Waals surface area contributed by atoms with E-state index in [1.807, 2.05) is 63.2 Å². The number of nitrogens with zero attached hydrogens (tertiary/aromatic N) is 2. The van der Waals surface area contributed by atoms with Gasteiger partial charge in [0.25, 0.3) is 5.56 Å². The van der Waals surface area contributed by atoms with Gasteiger partial charge in [-0.15, -0.1) is 0 Å². The lowest BCUT2D eigenvalue weighted by molar-refractivity contribution is -0.119. The third-order valence-corrected chi connectivity index (χ3v) is 4.82. The van der Waals surface area contributed by atoms with E-state index in [1.165, 1.54) is 11.8 Å². The maximum absolute atomic E-state index is 13.1. The largest absolute Gasteiger partial charge is 0.353 e. The summed E-state index contributed by atoms with van der Waals surface area (Å²) in [6.45, 7) is 5.79. The van der Waals surface area contributed by atoms with E-state index in [2.05, 4.69) is 10.3 Å². The Hall–Kier alpha value is -2.60. The molecule has 1 N–H and O–H groups in total. The lowest BCUT2D eigenvalue weighted by Gasteiger charge is -2.15. The van der Waals surface area contributed by atoms with Crippen LogP contribution in [-0.2, 0) is 4.79 Å². The molecule has 0 fully saturated rings. The van der Waals surface area contributed by atoms with Crippen molar-refractivity contribution in [2.24, 2.45) is 0 Å². The molecule has 0 unspecified atom stereocenters. The highest BCUT2D eigenvalue weighted by atomic mass is 32.2. The number of rotatable bonds is 5. The van der Waals surface area contributed by atoms with Crippen molar-refractivity contribution in [2.75, 3.05) is 5.75 Å². The fourth-order valence-electron chi connectivity index (χ4n) is 2.73. The highest BCUT2D eigenvalue weighted by molar-refractivity contribution is 7.99. The van der Waals surface area contributed by atoms with Crippen LogP contribution in [-0.4, -0.2) is 27.3 Å². The first-order valence-electron chi connectivity index (χ1n) is 8.47. The van der Waals surface area contributed by atoms with E-state index in [1.54, 1.807) is 10.6 Å². The van der Waals surface area contributed by atoms with Crippen LogP contribution in [0.4, 0.5) is 0 Å². The van der Waals surface area contributed by atoms with Gasteiger partial charge in [0.1, 0.15) is 0 Å². The van der Waals surface area contributed by atoms with Crippen LogP contribution in [0.3, 0.4) is 0 Å². The van der Waals surface area contributed by atoms with E-state index in [9.17, 15) is 9.59 Å². The van der Waals surface area contributed by atoms with Crippen molar-refractivity contribution in [1.82, 2.24) is 14.9 Å². The van der Waals surface area contributed by atoms with Crippen molar-refractivity contribution in [2.45, 2.75) is 32.0 Å². The van der Waals surface area contributed by atoms with E-state index >= 15 is 0 Å². The molecule has 0 saturated carbocycles. The number of para-hydroxylation sites is 2. The minimum Gasteiger partial charge on any atom is -0.353 e. The molecule has 3 rings (SSSR count). The number of aryl methyl sites for hydroxylation is 1. The lowest BCUT2D eigenvalue weighted by atomic mass is 10.2. The Labute approximate surface area is 156 Å². The van der Waals surface area contributed by atoms with Crippen LogP contribution in [0.25, 0.3) is 16.6 Å². The maximum atomic E-state index is 13.1. The number of amides is 1. The second-order valence-electron chi connectivity index (χ2n) is 6.35. The zero-order valence-electron chi connectivity index (χ0n) is 15.0. The fourth-order valence-corrected chi connectivity index (χ4v) is 3.55. The number of hydrogen-bond donors (Lipinski definition) is 1. The standard InChI is InChI=1S/C20H21N3O2S/c1-13(2)21-18(24)12-26-20-22-16-10-6-5-9-15(16)19(25)23(20)17-11-7-4-8-14(17)3/h4-11,13H,12H2,1-3H3,(H,21,24). The van der Waals surface area contributed by atoms with Gasteiger partial charge in [-0.05, 0) is 44.5 Å². The van der Waals surface area contributed by atoms with E-state index in [0.717, 1.165) is 11.3 Å². The van der Waals surface area contributed by atoms with Crippen LogP contribution in [0.15, 0.2) is 58.5 Å². The fraction of sp³-hybridized carbons (Fsp3) is 0.250. The Morgan fingerprint density at radius 2 is 1.85 bits per heavy atom. The Morgan fingerprint density at radius 1 is 1.15 bits per heavy atom. The number of benzene rings is 2. The van der Waals surface area contributed by atoms with E-state index in [4.69, 9.17) is 0 Å². The number of carbonyl (C=O) groups excluding carboxylic acids is 1. The van der Waals surface area contributed by atoms with Crippen molar-refractivity contribution in [3.8, 4) is 5.69 Å². The van der Waals surface area contributed by atoms with Gasteiger partial charge < -0.3 is 5.32 Å². The highest BCUT2D eigenvalue weighted by Crippen LogP contribution is 2.22. The van der Waals surface area contributed by atoms with E-state index in [0.29, 0.717) is 16.1 Å². The Morgan fingerprint density at radius 3 is 2.58 bits per heavy atom. The lowest BCUT2D eigenvalue weighted by Crippen LogP contribution is -2.32. The van der Waals surface area contributed by atoms with E-state index in [-0.39, 0.29) is 23.3 Å². The van der Waals surface area contributed by atoms with Crippen molar-refractivity contribution in [3.05, 3.63) is 64.4 Å². The van der Waals surface area contributed by atoms with Gasteiger partial charge >= 0.3 is 0 Å². The molecule has 3 aromatic rings. The molecule has 0 saturated heterocycles. The van der Waals surface area contributed by atoms with Gasteiger partial charge in [-0.1, -0.05) is 42.1 Å². The predicted octanol–water partition coefficient (Wildman–Crippen LogP) is 3.31. The molecule has 1 heterocycles. The Kier molecular flexibility index (Phi) is 5.42. The van der Waals surface area contributed by atoms with Crippen molar-refractivity contribution in [1.29, 1.82) is 0 Å². The maximum Gasteiger partial charge on any atom is 0.266 e. The topological polar surface area (TPSA) is 64.0 Å². The molecule has 0 aliphatic carbocycles. The molecule has 26 heavy (non-hydrogen) atoms. The van der Waals surface area contributed by atoms with Gasteiger partial charge in [0, 0.05) is 6.04 Å². The quantitative estimate of drug-likeness (QED) is 0.555. The normalized spacial score (nSPS) is 11.1. The molecular formula is C20H21N3O2S. The van der Waals surface area contributed by atoms with Crippen molar-refractivity contribution < 1.29 is 4.79 Å². The van der Waals surface area contributed by atoms with Gasteiger partial charge in [-0.2, -0.15) is 0 Å². The van der Waals surface area contributed by atoms with Crippen LogP contribution in [0, 0.1) is 6.92 Å². The Balaban J connectivity index is 2.11. The number of carbonyl (C=O) groups is 1. The Bertz CT molecular complexity index is 1010. The molecule has 0 aliphatic heterocycles. The second-order valence-corrected chi connectivity index (χ2v) is 7.29. The summed E-state index contributed by atoms with van der Waals surface area (Å²) in [6, 6.07) is 15.0. The number of fused-ring (bicyclic) bond motifs is 1. The van der Waals surface area contributed by atoms with E-state index < -0.39 is 0 Å². The SMILES string of the molecule is Cc1ccccc1-n1c(SCC(=O)NC(C)C)nc2ccccc2c1=O. The zero-order chi connectivity index (χ0) is 18.7. The molecule has 2 aromatic carbocycles. The van der Waals surface area contributed by atoms with Crippen LogP contribution >= 0.6 is 11.8 Å². The molecule has 0 spiro atoms. The minimum absolute atomic E-state index is 0.0752.